The number of hydrogen-bond acceptors (Lipinski definition) is 5. The van der Waals surface area contributed by atoms with Crippen LogP contribution in [0, 0.1) is 11.7 Å². The maximum absolute atomic E-state index is 12.9. The van der Waals surface area contributed by atoms with Gasteiger partial charge < -0.3 is 9.47 Å². The van der Waals surface area contributed by atoms with Crippen LogP contribution in [0.15, 0.2) is 48.5 Å². The Balaban J connectivity index is 1.62. The Kier molecular flexibility index (Phi) is 5.73. The van der Waals surface area contributed by atoms with Crippen LogP contribution in [0.25, 0.3) is 0 Å². The summed E-state index contributed by atoms with van der Waals surface area (Å²) in [6.45, 7) is 3.47. The minimum atomic E-state index is -1.03. The second-order valence-corrected chi connectivity index (χ2v) is 6.68. The second kappa shape index (κ2) is 8.21. The van der Waals surface area contributed by atoms with E-state index in [-0.39, 0.29) is 36.1 Å². The molecule has 0 radical (unpaired) electrons. The lowest BCUT2D eigenvalue weighted by molar-refractivity contribution is -0.150. The molecule has 0 N–H and O–H groups in total. The van der Waals surface area contributed by atoms with Crippen LogP contribution in [0.2, 0.25) is 0 Å². The number of fused-ring (bicyclic) bond motifs is 1. The molecule has 28 heavy (non-hydrogen) atoms. The lowest BCUT2D eigenvalue weighted by Gasteiger charge is -2.27. The van der Waals surface area contributed by atoms with Gasteiger partial charge in [0.15, 0.2) is 0 Å². The third-order valence-corrected chi connectivity index (χ3v) is 4.39. The number of amides is 2. The molecule has 0 saturated carbocycles. The zero-order chi connectivity index (χ0) is 20.3. The first kappa shape index (κ1) is 19.5. The Morgan fingerprint density at radius 2 is 1.54 bits per heavy atom. The fourth-order valence-electron chi connectivity index (χ4n) is 3.05. The smallest absolute Gasteiger partial charge is 0.329 e. The van der Waals surface area contributed by atoms with Crippen molar-refractivity contribution in [1.82, 2.24) is 4.90 Å². The first-order valence-electron chi connectivity index (χ1n) is 8.92. The van der Waals surface area contributed by atoms with Crippen molar-refractivity contribution in [2.75, 3.05) is 13.2 Å². The van der Waals surface area contributed by atoms with Crippen molar-refractivity contribution < 1.29 is 28.2 Å². The van der Waals surface area contributed by atoms with Gasteiger partial charge in [-0.15, -0.1) is 0 Å². The molecule has 3 rings (SSSR count). The zero-order valence-electron chi connectivity index (χ0n) is 15.6. The van der Waals surface area contributed by atoms with Crippen molar-refractivity contribution in [1.29, 1.82) is 0 Å². The number of imide groups is 1. The lowest BCUT2D eigenvalue weighted by Crippen LogP contribution is -2.48. The Labute approximate surface area is 161 Å². The SMILES string of the molecule is CC(C)[C@H](C(=O)OCCOc1ccc(F)cc1)N1C(=O)c2ccccc2C1=O. The van der Waals surface area contributed by atoms with E-state index >= 15 is 0 Å². The summed E-state index contributed by atoms with van der Waals surface area (Å²) in [7, 11) is 0. The molecule has 0 aromatic heterocycles. The summed E-state index contributed by atoms with van der Waals surface area (Å²) in [4.78, 5) is 38.9. The molecule has 1 heterocycles. The molecule has 0 spiro atoms. The van der Waals surface area contributed by atoms with Crippen LogP contribution in [0.5, 0.6) is 5.75 Å². The fraction of sp³-hybridized carbons (Fsp3) is 0.286. The van der Waals surface area contributed by atoms with E-state index in [4.69, 9.17) is 9.47 Å². The quantitative estimate of drug-likeness (QED) is 0.416. The van der Waals surface area contributed by atoms with E-state index in [0.717, 1.165) is 4.90 Å². The molecule has 0 unspecified atom stereocenters. The average Bonchev–Trinajstić information content (AvgIpc) is 2.92. The number of carbonyl (C=O) groups excluding carboxylic acids is 3. The summed E-state index contributed by atoms with van der Waals surface area (Å²) in [6.07, 6.45) is 0. The van der Waals surface area contributed by atoms with Crippen LogP contribution in [0.3, 0.4) is 0 Å². The topological polar surface area (TPSA) is 72.9 Å². The molecule has 1 aliphatic heterocycles. The minimum Gasteiger partial charge on any atom is -0.490 e. The average molecular weight is 385 g/mol. The second-order valence-electron chi connectivity index (χ2n) is 6.68. The number of hydrogen-bond donors (Lipinski definition) is 0. The molecule has 1 aliphatic rings. The maximum Gasteiger partial charge on any atom is 0.329 e. The summed E-state index contributed by atoms with van der Waals surface area (Å²) in [5.41, 5.74) is 0.566. The highest BCUT2D eigenvalue weighted by atomic mass is 19.1. The number of benzene rings is 2. The molecule has 146 valence electrons. The first-order valence-corrected chi connectivity index (χ1v) is 8.92. The highest BCUT2D eigenvalue weighted by Gasteiger charge is 2.44. The van der Waals surface area contributed by atoms with Crippen LogP contribution < -0.4 is 4.74 Å². The highest BCUT2D eigenvalue weighted by molar-refractivity contribution is 6.22. The Morgan fingerprint density at radius 1 is 0.964 bits per heavy atom. The summed E-state index contributed by atoms with van der Waals surface area (Å²) >= 11 is 0. The van der Waals surface area contributed by atoms with Crippen molar-refractivity contribution in [3.63, 3.8) is 0 Å². The van der Waals surface area contributed by atoms with E-state index in [1.54, 1.807) is 38.1 Å². The standard InChI is InChI=1S/C21H20FNO5/c1-13(2)18(23-19(24)16-5-3-4-6-17(16)20(23)25)21(26)28-12-11-27-15-9-7-14(22)8-10-15/h3-10,13,18H,11-12H2,1-2H3/t18-/m1/s1. The van der Waals surface area contributed by atoms with Crippen LogP contribution >= 0.6 is 0 Å². The first-order chi connectivity index (χ1) is 13.4. The number of nitrogens with zero attached hydrogens (tertiary/aromatic N) is 1. The van der Waals surface area contributed by atoms with Gasteiger partial charge in [0.05, 0.1) is 11.1 Å². The van der Waals surface area contributed by atoms with Gasteiger partial charge in [0, 0.05) is 0 Å². The van der Waals surface area contributed by atoms with Crippen LogP contribution in [0.4, 0.5) is 4.39 Å². The summed E-state index contributed by atoms with van der Waals surface area (Å²) < 4.78 is 23.5. The molecule has 2 aromatic carbocycles. The predicted molar refractivity (Wildman–Crippen MR) is 98.4 cm³/mol. The molecule has 1 atom stereocenters. The summed E-state index contributed by atoms with van der Waals surface area (Å²) in [6, 6.07) is 10.9. The van der Waals surface area contributed by atoms with Gasteiger partial charge in [-0.3, -0.25) is 14.5 Å². The Bertz CT molecular complexity index is 859. The van der Waals surface area contributed by atoms with Gasteiger partial charge in [0.2, 0.25) is 0 Å². The molecule has 0 bridgehead atoms. The zero-order valence-corrected chi connectivity index (χ0v) is 15.6. The van der Waals surface area contributed by atoms with Gasteiger partial charge in [-0.1, -0.05) is 26.0 Å². The van der Waals surface area contributed by atoms with E-state index in [9.17, 15) is 18.8 Å². The highest BCUT2D eigenvalue weighted by Crippen LogP contribution is 2.27. The van der Waals surface area contributed by atoms with Gasteiger partial charge >= 0.3 is 5.97 Å². The predicted octanol–water partition coefficient (Wildman–Crippen LogP) is 3.07. The van der Waals surface area contributed by atoms with E-state index in [0.29, 0.717) is 5.75 Å². The van der Waals surface area contributed by atoms with Crippen molar-refractivity contribution in [2.45, 2.75) is 19.9 Å². The van der Waals surface area contributed by atoms with Crippen LogP contribution in [0.1, 0.15) is 34.6 Å². The Morgan fingerprint density at radius 3 is 2.07 bits per heavy atom. The van der Waals surface area contributed by atoms with E-state index in [1.807, 2.05) is 0 Å². The van der Waals surface area contributed by atoms with Crippen molar-refractivity contribution >= 4 is 17.8 Å². The summed E-state index contributed by atoms with van der Waals surface area (Å²) in [5.74, 6) is -1.93. The van der Waals surface area contributed by atoms with E-state index < -0.39 is 23.8 Å². The number of esters is 1. The number of carbonyl (C=O) groups is 3. The van der Waals surface area contributed by atoms with Crippen molar-refractivity contribution in [2.24, 2.45) is 5.92 Å². The van der Waals surface area contributed by atoms with Gasteiger partial charge in [0.1, 0.15) is 30.8 Å². The van der Waals surface area contributed by atoms with Gasteiger partial charge in [-0.2, -0.15) is 0 Å². The molecule has 0 saturated heterocycles. The number of ether oxygens (including phenoxy) is 2. The molecular formula is C21H20FNO5. The molecule has 2 aromatic rings. The van der Waals surface area contributed by atoms with Gasteiger partial charge in [0.25, 0.3) is 11.8 Å². The molecule has 2 amide bonds. The monoisotopic (exact) mass is 385 g/mol. The molecular weight excluding hydrogens is 365 g/mol. The van der Waals surface area contributed by atoms with E-state index in [2.05, 4.69) is 0 Å². The third kappa shape index (κ3) is 3.88. The van der Waals surface area contributed by atoms with Crippen LogP contribution in [-0.4, -0.2) is 41.9 Å². The minimum absolute atomic E-state index is 0.0598. The normalized spacial score (nSPS) is 14.2. The van der Waals surface area contributed by atoms with Gasteiger partial charge in [-0.25, -0.2) is 9.18 Å². The maximum atomic E-state index is 12.9. The number of rotatable bonds is 7. The lowest BCUT2D eigenvalue weighted by atomic mass is 10.0. The number of halogens is 1. The molecule has 7 heteroatoms. The fourth-order valence-corrected chi connectivity index (χ4v) is 3.05. The molecule has 6 nitrogen and oxygen atoms in total. The van der Waals surface area contributed by atoms with Crippen molar-refractivity contribution in [3.8, 4) is 5.75 Å². The van der Waals surface area contributed by atoms with Crippen LogP contribution in [-0.2, 0) is 9.53 Å². The van der Waals surface area contributed by atoms with Gasteiger partial charge in [-0.05, 0) is 42.3 Å². The third-order valence-electron chi connectivity index (χ3n) is 4.39. The molecule has 0 aliphatic carbocycles. The largest absolute Gasteiger partial charge is 0.490 e. The molecule has 0 fully saturated rings. The van der Waals surface area contributed by atoms with Crippen molar-refractivity contribution in [3.05, 3.63) is 65.5 Å². The van der Waals surface area contributed by atoms with E-state index in [1.165, 1.54) is 24.3 Å². The summed E-state index contributed by atoms with van der Waals surface area (Å²) in [5, 5.41) is 0. The Hall–Kier alpha value is -3.22.